The molecular weight excluding hydrogens is 200 g/mol. The minimum Gasteiger partial charge on any atom is -0.311 e. The number of unbranched alkanes of at least 4 members (excludes halogenated alkanes) is 1. The number of rotatable bonds is 7. The smallest absolute Gasteiger partial charge is 0.0597 e. The van der Waals surface area contributed by atoms with Crippen molar-refractivity contribution in [2.45, 2.75) is 26.3 Å². The van der Waals surface area contributed by atoms with Crippen molar-refractivity contribution >= 4 is 0 Å². The first kappa shape index (κ1) is 13.2. The Hall–Kier alpha value is -0.870. The van der Waals surface area contributed by atoms with Crippen LogP contribution < -0.4 is 5.32 Å². The summed E-state index contributed by atoms with van der Waals surface area (Å²) in [6.07, 6.45) is 2.49. The summed E-state index contributed by atoms with van der Waals surface area (Å²) in [6.45, 7) is 5.20. The highest BCUT2D eigenvalue weighted by atomic mass is 15.3. The van der Waals surface area contributed by atoms with Crippen LogP contribution in [0.15, 0.2) is 6.07 Å². The molecule has 0 aliphatic rings. The number of nitrogens with zero attached hydrogens (tertiary/aromatic N) is 3. The zero-order valence-corrected chi connectivity index (χ0v) is 11.0. The first-order valence-corrected chi connectivity index (χ1v) is 5.94. The highest BCUT2D eigenvalue weighted by Gasteiger charge is 2.00. The summed E-state index contributed by atoms with van der Waals surface area (Å²) < 4.78 is 1.95. The van der Waals surface area contributed by atoms with Crippen molar-refractivity contribution in [2.24, 2.45) is 7.05 Å². The molecule has 4 heteroatoms. The lowest BCUT2D eigenvalue weighted by Crippen LogP contribution is -2.19. The van der Waals surface area contributed by atoms with Gasteiger partial charge in [0.1, 0.15) is 0 Å². The molecular formula is C12H24N4. The second-order valence-electron chi connectivity index (χ2n) is 4.59. The van der Waals surface area contributed by atoms with E-state index in [4.69, 9.17) is 0 Å². The standard InChI is InChI=1S/C12H24N4/c1-11-9-12(16(4)14-11)10-13-7-5-6-8-15(2)3/h9,13H,5-8,10H2,1-4H3. The van der Waals surface area contributed by atoms with Crippen LogP contribution in [-0.2, 0) is 13.6 Å². The minimum absolute atomic E-state index is 0.916. The van der Waals surface area contributed by atoms with E-state index in [0.29, 0.717) is 0 Å². The quantitative estimate of drug-likeness (QED) is 0.706. The summed E-state index contributed by atoms with van der Waals surface area (Å²) in [5, 5.41) is 7.77. The average molecular weight is 224 g/mol. The highest BCUT2D eigenvalue weighted by molar-refractivity contribution is 5.08. The van der Waals surface area contributed by atoms with E-state index in [1.807, 2.05) is 18.7 Å². The van der Waals surface area contributed by atoms with Crippen LogP contribution in [0, 0.1) is 6.92 Å². The molecule has 0 fully saturated rings. The van der Waals surface area contributed by atoms with Crippen molar-refractivity contribution in [3.63, 3.8) is 0 Å². The fourth-order valence-corrected chi connectivity index (χ4v) is 1.72. The molecule has 0 atom stereocenters. The Balaban J connectivity index is 2.09. The van der Waals surface area contributed by atoms with Crippen LogP contribution in [0.1, 0.15) is 24.2 Å². The second kappa shape index (κ2) is 6.66. The number of hydrogen-bond acceptors (Lipinski definition) is 3. The predicted molar refractivity (Wildman–Crippen MR) is 67.4 cm³/mol. The van der Waals surface area contributed by atoms with E-state index in [1.54, 1.807) is 0 Å². The summed E-state index contributed by atoms with van der Waals surface area (Å²) in [5.74, 6) is 0. The van der Waals surface area contributed by atoms with Gasteiger partial charge in [-0.25, -0.2) is 0 Å². The van der Waals surface area contributed by atoms with Crippen LogP contribution in [0.2, 0.25) is 0 Å². The summed E-state index contributed by atoms with van der Waals surface area (Å²) in [6, 6.07) is 2.13. The summed E-state index contributed by atoms with van der Waals surface area (Å²) in [7, 11) is 6.23. The lowest BCUT2D eigenvalue weighted by molar-refractivity contribution is 0.391. The van der Waals surface area contributed by atoms with E-state index in [9.17, 15) is 0 Å². The SMILES string of the molecule is Cc1cc(CNCCCCN(C)C)n(C)n1. The van der Waals surface area contributed by atoms with Crippen molar-refractivity contribution in [1.29, 1.82) is 0 Å². The monoisotopic (exact) mass is 224 g/mol. The summed E-state index contributed by atoms with van der Waals surface area (Å²) in [5.41, 5.74) is 2.34. The van der Waals surface area contributed by atoms with Crippen LogP contribution in [0.25, 0.3) is 0 Å². The Morgan fingerprint density at radius 3 is 2.69 bits per heavy atom. The molecule has 1 heterocycles. The second-order valence-corrected chi connectivity index (χ2v) is 4.59. The van der Waals surface area contributed by atoms with Gasteiger partial charge in [-0.05, 0) is 53.0 Å². The van der Waals surface area contributed by atoms with Crippen molar-refractivity contribution in [1.82, 2.24) is 20.0 Å². The van der Waals surface area contributed by atoms with Gasteiger partial charge in [-0.3, -0.25) is 4.68 Å². The molecule has 0 spiro atoms. The van der Waals surface area contributed by atoms with Gasteiger partial charge in [-0.15, -0.1) is 0 Å². The lowest BCUT2D eigenvalue weighted by atomic mass is 10.3. The van der Waals surface area contributed by atoms with E-state index in [0.717, 1.165) is 18.8 Å². The first-order chi connectivity index (χ1) is 7.59. The van der Waals surface area contributed by atoms with Crippen molar-refractivity contribution in [2.75, 3.05) is 27.2 Å². The Bertz CT molecular complexity index is 304. The van der Waals surface area contributed by atoms with Gasteiger partial charge in [0.2, 0.25) is 0 Å². The Morgan fingerprint density at radius 2 is 2.12 bits per heavy atom. The molecule has 0 aliphatic carbocycles. The van der Waals surface area contributed by atoms with Gasteiger partial charge in [0.25, 0.3) is 0 Å². The van der Waals surface area contributed by atoms with Crippen molar-refractivity contribution in [3.8, 4) is 0 Å². The van der Waals surface area contributed by atoms with Crippen molar-refractivity contribution in [3.05, 3.63) is 17.5 Å². The third-order valence-corrected chi connectivity index (χ3v) is 2.61. The minimum atomic E-state index is 0.916. The summed E-state index contributed by atoms with van der Waals surface area (Å²) >= 11 is 0. The highest BCUT2D eigenvalue weighted by Crippen LogP contribution is 2.00. The maximum Gasteiger partial charge on any atom is 0.0597 e. The van der Waals surface area contributed by atoms with E-state index in [2.05, 4.69) is 35.5 Å². The molecule has 0 unspecified atom stereocenters. The van der Waals surface area contributed by atoms with Gasteiger partial charge in [-0.1, -0.05) is 0 Å². The number of nitrogens with one attached hydrogen (secondary N) is 1. The number of aromatic nitrogens is 2. The van der Waals surface area contributed by atoms with Crippen LogP contribution in [-0.4, -0.2) is 41.9 Å². The fourth-order valence-electron chi connectivity index (χ4n) is 1.72. The predicted octanol–water partition coefficient (Wildman–Crippen LogP) is 1.16. The molecule has 92 valence electrons. The molecule has 0 radical (unpaired) electrons. The lowest BCUT2D eigenvalue weighted by Gasteiger charge is -2.09. The molecule has 1 N–H and O–H groups in total. The summed E-state index contributed by atoms with van der Waals surface area (Å²) in [4.78, 5) is 2.23. The van der Waals surface area contributed by atoms with E-state index in [-0.39, 0.29) is 0 Å². The van der Waals surface area contributed by atoms with E-state index >= 15 is 0 Å². The van der Waals surface area contributed by atoms with Gasteiger partial charge in [0, 0.05) is 13.6 Å². The zero-order chi connectivity index (χ0) is 12.0. The Morgan fingerprint density at radius 1 is 1.38 bits per heavy atom. The Labute approximate surface area is 98.6 Å². The third-order valence-electron chi connectivity index (χ3n) is 2.61. The largest absolute Gasteiger partial charge is 0.311 e. The molecule has 0 aliphatic heterocycles. The fraction of sp³-hybridized carbons (Fsp3) is 0.750. The van der Waals surface area contributed by atoms with Gasteiger partial charge < -0.3 is 10.2 Å². The van der Waals surface area contributed by atoms with Gasteiger partial charge >= 0.3 is 0 Å². The molecule has 0 aromatic carbocycles. The van der Waals surface area contributed by atoms with E-state index in [1.165, 1.54) is 25.1 Å². The van der Waals surface area contributed by atoms with Gasteiger partial charge in [0.15, 0.2) is 0 Å². The molecule has 1 rings (SSSR count). The molecule has 0 saturated carbocycles. The van der Waals surface area contributed by atoms with Gasteiger partial charge in [0.05, 0.1) is 11.4 Å². The molecule has 4 nitrogen and oxygen atoms in total. The molecule has 0 saturated heterocycles. The topological polar surface area (TPSA) is 33.1 Å². The average Bonchev–Trinajstić information content (AvgIpc) is 2.50. The molecule has 0 bridgehead atoms. The van der Waals surface area contributed by atoms with Crippen LogP contribution >= 0.6 is 0 Å². The van der Waals surface area contributed by atoms with Gasteiger partial charge in [-0.2, -0.15) is 5.10 Å². The third kappa shape index (κ3) is 4.77. The maximum absolute atomic E-state index is 4.32. The Kier molecular flexibility index (Phi) is 5.49. The van der Waals surface area contributed by atoms with Crippen LogP contribution in [0.5, 0.6) is 0 Å². The van der Waals surface area contributed by atoms with Crippen LogP contribution in [0.3, 0.4) is 0 Å². The number of hydrogen-bond donors (Lipinski definition) is 1. The first-order valence-electron chi connectivity index (χ1n) is 5.94. The zero-order valence-electron chi connectivity index (χ0n) is 11.0. The molecule has 0 amide bonds. The van der Waals surface area contributed by atoms with E-state index < -0.39 is 0 Å². The molecule has 1 aromatic heterocycles. The maximum atomic E-state index is 4.32. The van der Waals surface area contributed by atoms with Crippen LogP contribution in [0.4, 0.5) is 0 Å². The number of aryl methyl sites for hydroxylation is 2. The van der Waals surface area contributed by atoms with Crippen molar-refractivity contribution < 1.29 is 0 Å². The molecule has 1 aromatic rings. The molecule has 16 heavy (non-hydrogen) atoms. The normalized spacial score (nSPS) is 11.3.